The molecule has 0 aromatic heterocycles. The van der Waals surface area contributed by atoms with Crippen molar-refractivity contribution in [1.29, 1.82) is 5.26 Å². The Morgan fingerprint density at radius 1 is 1.09 bits per heavy atom. The molecule has 23 heavy (non-hydrogen) atoms. The number of rotatable bonds is 3. The van der Waals surface area contributed by atoms with Crippen molar-refractivity contribution in [2.24, 2.45) is 5.92 Å². The molecule has 0 unspecified atom stereocenters. The molecule has 4 nitrogen and oxygen atoms in total. The topological polar surface area (TPSA) is 62.1 Å². The van der Waals surface area contributed by atoms with Gasteiger partial charge >= 0.3 is 0 Å². The van der Waals surface area contributed by atoms with E-state index in [1.807, 2.05) is 60.7 Å². The number of methoxy groups -OCH3 is 1. The number of carbonyl (C=O) groups is 1. The van der Waals surface area contributed by atoms with Crippen molar-refractivity contribution in [3.8, 4) is 11.8 Å². The Labute approximate surface area is 135 Å². The van der Waals surface area contributed by atoms with Gasteiger partial charge in [0.2, 0.25) is 5.91 Å². The zero-order chi connectivity index (χ0) is 16.2. The summed E-state index contributed by atoms with van der Waals surface area (Å²) in [4.78, 5) is 12.3. The van der Waals surface area contributed by atoms with Crippen molar-refractivity contribution in [3.05, 3.63) is 71.8 Å². The Morgan fingerprint density at radius 3 is 2.39 bits per heavy atom. The molecule has 2 aromatic rings. The number of nitrogens with one attached hydrogen (secondary N) is 1. The largest absolute Gasteiger partial charge is 0.497 e. The second-order valence-electron chi connectivity index (χ2n) is 5.34. The Bertz CT molecular complexity index is 773. The Morgan fingerprint density at radius 2 is 1.78 bits per heavy atom. The number of carbonyl (C=O) groups excluding carboxylic acids is 1. The van der Waals surface area contributed by atoms with Crippen LogP contribution in [-0.4, -0.2) is 13.0 Å². The van der Waals surface area contributed by atoms with E-state index in [2.05, 4.69) is 11.4 Å². The van der Waals surface area contributed by atoms with Gasteiger partial charge in [0.1, 0.15) is 11.7 Å². The molecule has 0 spiro atoms. The van der Waals surface area contributed by atoms with Crippen LogP contribution in [0.3, 0.4) is 0 Å². The van der Waals surface area contributed by atoms with Crippen LogP contribution in [0, 0.1) is 17.2 Å². The zero-order valence-corrected chi connectivity index (χ0v) is 12.7. The molecule has 1 amide bonds. The van der Waals surface area contributed by atoms with Gasteiger partial charge in [-0.1, -0.05) is 48.5 Å². The third-order valence-electron chi connectivity index (χ3n) is 3.97. The highest BCUT2D eigenvalue weighted by atomic mass is 16.5. The van der Waals surface area contributed by atoms with Gasteiger partial charge in [-0.25, -0.2) is 0 Å². The van der Waals surface area contributed by atoms with E-state index in [-0.39, 0.29) is 11.8 Å². The minimum atomic E-state index is -0.740. The van der Waals surface area contributed by atoms with Gasteiger partial charge in [0.15, 0.2) is 0 Å². The van der Waals surface area contributed by atoms with Crippen LogP contribution in [-0.2, 0) is 4.79 Å². The fraction of sp³-hybridized carbons (Fsp3) is 0.158. The third kappa shape index (κ3) is 2.95. The van der Waals surface area contributed by atoms with Gasteiger partial charge in [-0.3, -0.25) is 4.79 Å². The first-order chi connectivity index (χ1) is 11.2. The monoisotopic (exact) mass is 304 g/mol. The fourth-order valence-corrected chi connectivity index (χ4v) is 2.73. The number of nitrogens with zero attached hydrogens (tertiary/aromatic N) is 1. The summed E-state index contributed by atoms with van der Waals surface area (Å²) in [5.74, 6) is -0.546. The standard InChI is InChI=1S/C19H16N2O2/c1-23-15-9-7-13(8-10-15)16-11-18(14-5-3-2-4-6-14)21-19(22)17(16)12-20/h2-11,16-17H,1H3,(H,21,22)/t16-,17+/m0/s1. The maximum atomic E-state index is 12.3. The SMILES string of the molecule is COc1ccc([C@@H]2C=C(c3ccccc3)NC(=O)[C@@H]2C#N)cc1. The van der Waals surface area contributed by atoms with Crippen LogP contribution in [0.4, 0.5) is 0 Å². The summed E-state index contributed by atoms with van der Waals surface area (Å²) in [5.41, 5.74) is 2.58. The lowest BCUT2D eigenvalue weighted by Crippen LogP contribution is -2.36. The number of allylic oxidation sites excluding steroid dienone is 1. The summed E-state index contributed by atoms with van der Waals surface area (Å²) < 4.78 is 5.16. The smallest absolute Gasteiger partial charge is 0.242 e. The van der Waals surface area contributed by atoms with Crippen LogP contribution in [0.5, 0.6) is 5.75 Å². The molecule has 0 bridgehead atoms. The first kappa shape index (κ1) is 14.9. The molecule has 0 fully saturated rings. The minimum absolute atomic E-state index is 0.269. The van der Waals surface area contributed by atoms with Crippen molar-refractivity contribution >= 4 is 11.6 Å². The lowest BCUT2D eigenvalue weighted by molar-refractivity contribution is -0.122. The highest BCUT2D eigenvalue weighted by molar-refractivity contribution is 5.93. The van der Waals surface area contributed by atoms with Gasteiger partial charge in [-0.2, -0.15) is 5.26 Å². The van der Waals surface area contributed by atoms with Gasteiger partial charge in [0.25, 0.3) is 0 Å². The van der Waals surface area contributed by atoms with E-state index in [9.17, 15) is 10.1 Å². The molecule has 0 saturated carbocycles. The molecule has 1 aliphatic rings. The van der Waals surface area contributed by atoms with E-state index in [0.717, 1.165) is 22.6 Å². The van der Waals surface area contributed by atoms with E-state index >= 15 is 0 Å². The van der Waals surface area contributed by atoms with E-state index in [1.54, 1.807) is 7.11 Å². The number of benzene rings is 2. The second-order valence-corrected chi connectivity index (χ2v) is 5.34. The van der Waals surface area contributed by atoms with Crippen molar-refractivity contribution in [3.63, 3.8) is 0 Å². The number of hydrogen-bond donors (Lipinski definition) is 1. The highest BCUT2D eigenvalue weighted by Gasteiger charge is 2.33. The van der Waals surface area contributed by atoms with E-state index in [4.69, 9.17) is 4.74 Å². The molecule has 0 saturated heterocycles. The average molecular weight is 304 g/mol. The molecule has 2 atom stereocenters. The number of hydrogen-bond acceptors (Lipinski definition) is 3. The first-order valence-electron chi connectivity index (χ1n) is 7.34. The lowest BCUT2D eigenvalue weighted by atomic mass is 9.82. The van der Waals surface area contributed by atoms with Gasteiger partial charge in [0, 0.05) is 11.6 Å². The van der Waals surface area contributed by atoms with Gasteiger partial charge in [-0.05, 0) is 23.3 Å². The number of amides is 1. The van der Waals surface area contributed by atoms with E-state index < -0.39 is 5.92 Å². The Kier molecular flexibility index (Phi) is 4.11. The average Bonchev–Trinajstić information content (AvgIpc) is 2.62. The molecule has 0 radical (unpaired) electrons. The normalized spacial score (nSPS) is 20.2. The highest BCUT2D eigenvalue weighted by Crippen LogP contribution is 2.33. The predicted molar refractivity (Wildman–Crippen MR) is 87.4 cm³/mol. The summed E-state index contributed by atoms with van der Waals surface area (Å²) in [5, 5.41) is 12.2. The molecule has 3 rings (SSSR count). The van der Waals surface area contributed by atoms with E-state index in [0.29, 0.717) is 0 Å². The van der Waals surface area contributed by atoms with Gasteiger partial charge in [-0.15, -0.1) is 0 Å². The summed E-state index contributed by atoms with van der Waals surface area (Å²) in [6.45, 7) is 0. The van der Waals surface area contributed by atoms with Crippen LogP contribution >= 0.6 is 0 Å². The van der Waals surface area contributed by atoms with Crippen LogP contribution in [0.15, 0.2) is 60.7 Å². The first-order valence-corrected chi connectivity index (χ1v) is 7.34. The molecular weight excluding hydrogens is 288 g/mol. The maximum Gasteiger partial charge on any atom is 0.242 e. The Balaban J connectivity index is 2.03. The number of nitriles is 1. The number of ether oxygens (including phenoxy) is 1. The molecule has 1 aliphatic heterocycles. The molecule has 2 aromatic carbocycles. The molecular formula is C19H16N2O2. The summed E-state index contributed by atoms with van der Waals surface area (Å²) >= 11 is 0. The maximum absolute atomic E-state index is 12.3. The van der Waals surface area contributed by atoms with Crippen molar-refractivity contribution < 1.29 is 9.53 Å². The fourth-order valence-electron chi connectivity index (χ4n) is 2.73. The summed E-state index contributed by atoms with van der Waals surface area (Å²) in [6, 6.07) is 19.2. The molecule has 4 heteroatoms. The van der Waals surface area contributed by atoms with Crippen LogP contribution < -0.4 is 10.1 Å². The molecule has 1 N–H and O–H groups in total. The molecule has 1 heterocycles. The van der Waals surface area contributed by atoms with Crippen LogP contribution in [0.2, 0.25) is 0 Å². The summed E-state index contributed by atoms with van der Waals surface area (Å²) in [6.07, 6.45) is 1.95. The Hall–Kier alpha value is -3.06. The quantitative estimate of drug-likeness (QED) is 0.948. The summed E-state index contributed by atoms with van der Waals surface area (Å²) in [7, 11) is 1.61. The lowest BCUT2D eigenvalue weighted by Gasteiger charge is -2.26. The van der Waals surface area contributed by atoms with Gasteiger partial charge < -0.3 is 10.1 Å². The van der Waals surface area contributed by atoms with Crippen molar-refractivity contribution in [1.82, 2.24) is 5.32 Å². The molecule has 114 valence electrons. The van der Waals surface area contributed by atoms with Crippen molar-refractivity contribution in [2.75, 3.05) is 7.11 Å². The van der Waals surface area contributed by atoms with E-state index in [1.165, 1.54) is 0 Å². The molecule has 0 aliphatic carbocycles. The minimum Gasteiger partial charge on any atom is -0.497 e. The zero-order valence-electron chi connectivity index (χ0n) is 12.7. The second kappa shape index (κ2) is 6.37. The van der Waals surface area contributed by atoms with Crippen LogP contribution in [0.25, 0.3) is 5.70 Å². The van der Waals surface area contributed by atoms with Gasteiger partial charge in [0.05, 0.1) is 13.2 Å². The third-order valence-corrected chi connectivity index (χ3v) is 3.97. The predicted octanol–water partition coefficient (Wildman–Crippen LogP) is 3.09. The van der Waals surface area contributed by atoms with Crippen LogP contribution in [0.1, 0.15) is 17.0 Å². The van der Waals surface area contributed by atoms with Crippen molar-refractivity contribution in [2.45, 2.75) is 5.92 Å².